The van der Waals surface area contributed by atoms with E-state index in [1.54, 1.807) is 0 Å². The smallest absolute Gasteiger partial charge is 0.312 e. The number of allylic oxidation sites excluding steroid dienone is 1. The number of benzene rings is 1. The molecule has 1 aromatic carbocycles. The molecule has 0 aromatic heterocycles. The molecule has 1 aromatic rings. The van der Waals surface area contributed by atoms with Gasteiger partial charge in [0, 0.05) is 11.8 Å². The molecule has 0 unspecified atom stereocenters. The van der Waals surface area contributed by atoms with Crippen LogP contribution in [0.1, 0.15) is 105 Å². The topological polar surface area (TPSA) is 43.4 Å². The van der Waals surface area contributed by atoms with Crippen LogP contribution in [0.2, 0.25) is 0 Å². The van der Waals surface area contributed by atoms with E-state index in [9.17, 15) is 9.59 Å². The van der Waals surface area contributed by atoms with E-state index in [1.165, 1.54) is 18.4 Å². The molecule has 0 bridgehead atoms. The summed E-state index contributed by atoms with van der Waals surface area (Å²) in [6.45, 7) is 19.1. The molecule has 5 aliphatic rings. The van der Waals surface area contributed by atoms with E-state index in [0.29, 0.717) is 42.0 Å². The Bertz CT molecular complexity index is 1180. The summed E-state index contributed by atoms with van der Waals surface area (Å²) in [5, 5.41) is 0. The van der Waals surface area contributed by atoms with E-state index in [-0.39, 0.29) is 27.6 Å². The Labute approximate surface area is 236 Å². The highest BCUT2D eigenvalue weighted by molar-refractivity contribution is 5.88. The van der Waals surface area contributed by atoms with Crippen LogP contribution >= 0.6 is 0 Å². The first-order valence-electron chi connectivity index (χ1n) is 15.7. The van der Waals surface area contributed by atoms with Gasteiger partial charge < -0.3 is 4.74 Å². The number of hydrogen-bond acceptors (Lipinski definition) is 3. The number of hydrogen-bond donors (Lipinski definition) is 0. The van der Waals surface area contributed by atoms with Crippen LogP contribution in [0.4, 0.5) is 0 Å². The average Bonchev–Trinajstić information content (AvgIpc) is 3.37. The summed E-state index contributed by atoms with van der Waals surface area (Å²) in [5.74, 6) is 2.76. The molecule has 0 heterocycles. The van der Waals surface area contributed by atoms with E-state index < -0.39 is 5.41 Å². The van der Waals surface area contributed by atoms with E-state index >= 15 is 0 Å². The minimum absolute atomic E-state index is 0.0354. The highest BCUT2D eigenvalue weighted by Crippen LogP contribution is 2.78. The molecule has 5 fully saturated rings. The Kier molecular flexibility index (Phi) is 6.15. The number of ketones is 1. The fraction of sp³-hybridized carbons (Fsp3) is 0.722. The van der Waals surface area contributed by atoms with Gasteiger partial charge in [-0.25, -0.2) is 0 Å². The van der Waals surface area contributed by atoms with Crippen molar-refractivity contribution < 1.29 is 14.3 Å². The third kappa shape index (κ3) is 3.53. The third-order valence-electron chi connectivity index (χ3n) is 14.1. The number of Topliss-reactive ketones (excluding diaryl/α,β-unsaturated/α-hetero) is 1. The molecule has 0 saturated heterocycles. The van der Waals surface area contributed by atoms with Crippen LogP contribution in [0.25, 0.3) is 0 Å². The summed E-state index contributed by atoms with van der Waals surface area (Å²) in [5.41, 5.74) is 2.14. The SMILES string of the molecule is C=C(C)[C@H]1CC[C@]2(C(=O)OCc3ccccc3)CC[C@]3(C)[C@H](CC[C@@H]4[C@@]5(C)CC(=O)C(C)(C)[C@@H]5CC[C@]43C)[C@@H]12. The molecular weight excluding hydrogens is 480 g/mol. The maximum atomic E-state index is 14.1. The summed E-state index contributed by atoms with van der Waals surface area (Å²) in [7, 11) is 0. The average molecular weight is 531 g/mol. The van der Waals surface area contributed by atoms with Crippen molar-refractivity contribution in [1.82, 2.24) is 0 Å². The first-order valence-corrected chi connectivity index (χ1v) is 15.7. The molecular formula is C36H50O3. The van der Waals surface area contributed by atoms with Gasteiger partial charge in [0.1, 0.15) is 12.4 Å². The molecule has 9 atom stereocenters. The number of esters is 1. The lowest BCUT2D eigenvalue weighted by atomic mass is 9.34. The van der Waals surface area contributed by atoms with Gasteiger partial charge in [0.15, 0.2) is 0 Å². The van der Waals surface area contributed by atoms with Gasteiger partial charge in [-0.1, -0.05) is 77.1 Å². The van der Waals surface area contributed by atoms with Crippen molar-refractivity contribution >= 4 is 11.8 Å². The number of carbonyl (C=O) groups excluding carboxylic acids is 2. The molecule has 0 spiro atoms. The zero-order valence-electron chi connectivity index (χ0n) is 25.3. The van der Waals surface area contributed by atoms with Crippen molar-refractivity contribution in [2.45, 2.75) is 106 Å². The zero-order valence-corrected chi connectivity index (χ0v) is 25.3. The predicted octanol–water partition coefficient (Wildman–Crippen LogP) is 8.57. The second kappa shape index (κ2) is 8.80. The fourth-order valence-electron chi connectivity index (χ4n) is 11.9. The normalized spacial score (nSPS) is 46.0. The largest absolute Gasteiger partial charge is 0.460 e. The summed E-state index contributed by atoms with van der Waals surface area (Å²) < 4.78 is 6.15. The highest BCUT2D eigenvalue weighted by Gasteiger charge is 2.73. The van der Waals surface area contributed by atoms with Crippen molar-refractivity contribution in [1.29, 1.82) is 0 Å². The molecule has 3 nitrogen and oxygen atoms in total. The quantitative estimate of drug-likeness (QED) is 0.289. The van der Waals surface area contributed by atoms with Crippen LogP contribution in [0, 0.1) is 56.7 Å². The summed E-state index contributed by atoms with van der Waals surface area (Å²) in [6.07, 6.45) is 9.45. The lowest BCUT2D eigenvalue weighted by molar-refractivity contribution is -0.223. The van der Waals surface area contributed by atoms with Crippen molar-refractivity contribution in [2.24, 2.45) is 56.7 Å². The van der Waals surface area contributed by atoms with E-state index in [2.05, 4.69) is 48.1 Å². The summed E-state index contributed by atoms with van der Waals surface area (Å²) in [4.78, 5) is 27.4. The molecule has 0 aliphatic heterocycles. The zero-order chi connectivity index (χ0) is 28.0. The first-order chi connectivity index (χ1) is 18.3. The number of ether oxygens (including phenoxy) is 1. The minimum Gasteiger partial charge on any atom is -0.460 e. The van der Waals surface area contributed by atoms with Gasteiger partial charge in [0.25, 0.3) is 0 Å². The molecule has 0 amide bonds. The van der Waals surface area contributed by atoms with Crippen molar-refractivity contribution in [3.8, 4) is 0 Å². The highest BCUT2D eigenvalue weighted by atomic mass is 16.5. The first kappa shape index (κ1) is 27.3. The van der Waals surface area contributed by atoms with Gasteiger partial charge in [0.2, 0.25) is 0 Å². The van der Waals surface area contributed by atoms with Gasteiger partial charge in [0.05, 0.1) is 5.41 Å². The van der Waals surface area contributed by atoms with Gasteiger partial charge in [-0.2, -0.15) is 0 Å². The number of fused-ring (bicyclic) bond motifs is 7. The van der Waals surface area contributed by atoms with Crippen LogP contribution in [0.5, 0.6) is 0 Å². The molecule has 5 saturated carbocycles. The van der Waals surface area contributed by atoms with Crippen molar-refractivity contribution in [2.75, 3.05) is 0 Å². The summed E-state index contributed by atoms with van der Waals surface area (Å²) >= 11 is 0. The molecule has 6 rings (SSSR count). The fourth-order valence-corrected chi connectivity index (χ4v) is 11.9. The van der Waals surface area contributed by atoms with Crippen LogP contribution in [-0.2, 0) is 20.9 Å². The second-order valence-corrected chi connectivity index (χ2v) is 15.7. The monoisotopic (exact) mass is 530 g/mol. The van der Waals surface area contributed by atoms with E-state index in [4.69, 9.17) is 4.74 Å². The van der Waals surface area contributed by atoms with Crippen LogP contribution in [0.15, 0.2) is 42.5 Å². The lowest BCUT2D eigenvalue weighted by Crippen LogP contribution is -2.64. The Morgan fingerprint density at radius 2 is 1.62 bits per heavy atom. The second-order valence-electron chi connectivity index (χ2n) is 15.7. The predicted molar refractivity (Wildman–Crippen MR) is 156 cm³/mol. The molecule has 0 radical (unpaired) electrons. The Morgan fingerprint density at radius 3 is 2.31 bits per heavy atom. The van der Waals surface area contributed by atoms with Crippen LogP contribution in [-0.4, -0.2) is 11.8 Å². The molecule has 3 heteroatoms. The standard InChI is InChI=1S/C36H50O3/c1-23(2)25-15-18-36(31(38)39-22-24-11-9-8-10-12-24)20-19-34(6)26(30(25)36)13-14-28-33(5)21-29(37)32(3,4)27(33)16-17-35(28,34)7/h8-12,25-28,30H,1,13-22H2,2-7H3/t25-,26-,27+,28-,30-,33+,34-,35-,36+/m1/s1. The lowest BCUT2D eigenvalue weighted by Gasteiger charge is -2.70. The van der Waals surface area contributed by atoms with Crippen LogP contribution in [0.3, 0.4) is 0 Å². The molecule has 5 aliphatic carbocycles. The van der Waals surface area contributed by atoms with Gasteiger partial charge in [-0.3, -0.25) is 9.59 Å². The number of rotatable bonds is 4. The van der Waals surface area contributed by atoms with Crippen molar-refractivity contribution in [3.63, 3.8) is 0 Å². The summed E-state index contributed by atoms with van der Waals surface area (Å²) in [6, 6.07) is 10.1. The van der Waals surface area contributed by atoms with Crippen LogP contribution < -0.4 is 0 Å². The Hall–Kier alpha value is -1.90. The van der Waals surface area contributed by atoms with Gasteiger partial charge in [-0.05, 0) is 110 Å². The number of carbonyl (C=O) groups is 2. The molecule has 39 heavy (non-hydrogen) atoms. The maximum absolute atomic E-state index is 14.1. The Balaban J connectivity index is 1.34. The maximum Gasteiger partial charge on any atom is 0.312 e. The van der Waals surface area contributed by atoms with E-state index in [0.717, 1.165) is 50.5 Å². The van der Waals surface area contributed by atoms with Crippen molar-refractivity contribution in [3.05, 3.63) is 48.0 Å². The van der Waals surface area contributed by atoms with Gasteiger partial charge in [-0.15, -0.1) is 0 Å². The molecule has 212 valence electrons. The third-order valence-corrected chi connectivity index (χ3v) is 14.1. The Morgan fingerprint density at radius 1 is 0.897 bits per heavy atom. The minimum atomic E-state index is -0.391. The van der Waals surface area contributed by atoms with Gasteiger partial charge >= 0.3 is 5.97 Å². The molecule has 0 N–H and O–H groups in total. The van der Waals surface area contributed by atoms with E-state index in [1.807, 2.05) is 30.3 Å².